The maximum Gasteiger partial charge on any atom is 0.135 e. The second kappa shape index (κ2) is 7.83. The summed E-state index contributed by atoms with van der Waals surface area (Å²) in [5, 5.41) is 7.47. The lowest BCUT2D eigenvalue weighted by Crippen LogP contribution is -1.93. The summed E-state index contributed by atoms with van der Waals surface area (Å²) < 4.78 is 11.2. The highest BCUT2D eigenvalue weighted by atomic mass is 32.1. The summed E-state index contributed by atoms with van der Waals surface area (Å²) in [7, 11) is 0. The van der Waals surface area contributed by atoms with Crippen LogP contribution >= 0.6 is 11.3 Å². The van der Waals surface area contributed by atoms with Gasteiger partial charge in [-0.05, 0) is 71.8 Å². The second-order valence-corrected chi connectivity index (χ2v) is 11.3. The molecule has 0 saturated carbocycles. The highest BCUT2D eigenvalue weighted by Crippen LogP contribution is 2.39. The highest BCUT2D eigenvalue weighted by molar-refractivity contribution is 7.25. The first-order valence-corrected chi connectivity index (χ1v) is 14.0. The molecule has 2 nitrogen and oxygen atoms in total. The summed E-state index contributed by atoms with van der Waals surface area (Å²) in [4.78, 5) is 0. The average Bonchev–Trinajstić information content (AvgIpc) is 3.65. The van der Waals surface area contributed by atoms with Crippen molar-refractivity contribution in [1.29, 1.82) is 0 Å². The topological polar surface area (TPSA) is 18.1 Å². The Bertz CT molecular complexity index is 2400. The number of rotatable bonds is 2. The Morgan fingerprint density at radius 1 is 0.436 bits per heavy atom. The summed E-state index contributed by atoms with van der Waals surface area (Å²) in [6.45, 7) is 0. The lowest BCUT2D eigenvalue weighted by atomic mass is 10.0. The maximum absolute atomic E-state index is 6.11. The van der Waals surface area contributed by atoms with Gasteiger partial charge in [0.1, 0.15) is 11.2 Å². The van der Waals surface area contributed by atoms with Crippen LogP contribution in [-0.2, 0) is 0 Å². The molecule has 0 bridgehead atoms. The van der Waals surface area contributed by atoms with Crippen LogP contribution in [0, 0.1) is 0 Å². The van der Waals surface area contributed by atoms with E-state index in [4.69, 9.17) is 4.42 Å². The molecular weight excluding hydrogens is 494 g/mol. The zero-order valence-electron chi connectivity index (χ0n) is 20.9. The van der Waals surface area contributed by atoms with E-state index in [-0.39, 0.29) is 0 Å². The molecule has 39 heavy (non-hydrogen) atoms. The molecular formula is C36H21NOS. The molecule has 0 aliphatic heterocycles. The molecule has 6 aromatic carbocycles. The van der Waals surface area contributed by atoms with E-state index in [9.17, 15) is 0 Å². The van der Waals surface area contributed by atoms with Crippen LogP contribution in [0.3, 0.4) is 0 Å². The minimum Gasteiger partial charge on any atom is -0.456 e. The van der Waals surface area contributed by atoms with Crippen molar-refractivity contribution in [2.24, 2.45) is 0 Å². The van der Waals surface area contributed by atoms with Crippen molar-refractivity contribution in [1.82, 2.24) is 4.57 Å². The van der Waals surface area contributed by atoms with Gasteiger partial charge in [-0.2, -0.15) is 0 Å². The molecule has 9 aromatic rings. The van der Waals surface area contributed by atoms with Crippen LogP contribution in [0.1, 0.15) is 0 Å². The van der Waals surface area contributed by atoms with E-state index in [1.807, 2.05) is 23.5 Å². The van der Waals surface area contributed by atoms with Gasteiger partial charge in [0.25, 0.3) is 0 Å². The molecule has 0 saturated heterocycles. The summed E-state index contributed by atoms with van der Waals surface area (Å²) in [5.74, 6) is 0. The van der Waals surface area contributed by atoms with Gasteiger partial charge in [-0.3, -0.25) is 0 Å². The molecule has 0 aliphatic carbocycles. The first-order valence-electron chi connectivity index (χ1n) is 13.2. The Labute approximate surface area is 227 Å². The SMILES string of the molecule is c1ccc2c(c1)oc1ccc(-n3c4ccccc4c4cc(-c5ccc6sc7ccccc7c6c5)ccc43)cc12. The molecule has 0 unspecified atom stereocenters. The average molecular weight is 516 g/mol. The minimum atomic E-state index is 0.916. The van der Waals surface area contributed by atoms with E-state index < -0.39 is 0 Å². The first kappa shape index (κ1) is 21.1. The van der Waals surface area contributed by atoms with Gasteiger partial charge < -0.3 is 8.98 Å². The maximum atomic E-state index is 6.11. The number of hydrogen-bond donors (Lipinski definition) is 0. The summed E-state index contributed by atoms with van der Waals surface area (Å²) in [5.41, 5.74) is 7.87. The fourth-order valence-corrected chi connectivity index (χ4v) is 7.28. The van der Waals surface area contributed by atoms with Crippen molar-refractivity contribution >= 4 is 75.3 Å². The van der Waals surface area contributed by atoms with E-state index in [0.717, 1.165) is 27.6 Å². The number of furan rings is 1. The molecule has 0 spiro atoms. The van der Waals surface area contributed by atoms with Crippen LogP contribution in [0.5, 0.6) is 0 Å². The number of para-hydroxylation sites is 2. The van der Waals surface area contributed by atoms with Crippen LogP contribution in [-0.4, -0.2) is 4.57 Å². The van der Waals surface area contributed by atoms with Crippen molar-refractivity contribution in [2.75, 3.05) is 0 Å². The Morgan fingerprint density at radius 2 is 1.10 bits per heavy atom. The third-order valence-corrected chi connectivity index (χ3v) is 9.15. The van der Waals surface area contributed by atoms with Crippen LogP contribution < -0.4 is 0 Å². The quantitative estimate of drug-likeness (QED) is 0.224. The van der Waals surface area contributed by atoms with Gasteiger partial charge in [0.15, 0.2) is 0 Å². The van der Waals surface area contributed by atoms with Gasteiger partial charge in [-0.15, -0.1) is 11.3 Å². The monoisotopic (exact) mass is 515 g/mol. The predicted molar refractivity (Wildman–Crippen MR) is 166 cm³/mol. The third kappa shape index (κ3) is 3.02. The molecule has 9 rings (SSSR count). The van der Waals surface area contributed by atoms with Gasteiger partial charge in [-0.1, -0.05) is 66.7 Å². The first-order chi connectivity index (χ1) is 19.3. The summed E-state index contributed by atoms with van der Waals surface area (Å²) >= 11 is 1.86. The Morgan fingerprint density at radius 3 is 2.03 bits per heavy atom. The van der Waals surface area contributed by atoms with Crippen LogP contribution in [0.4, 0.5) is 0 Å². The van der Waals surface area contributed by atoms with Gasteiger partial charge >= 0.3 is 0 Å². The van der Waals surface area contributed by atoms with Crippen molar-refractivity contribution in [3.05, 3.63) is 127 Å². The van der Waals surface area contributed by atoms with Gasteiger partial charge in [0.2, 0.25) is 0 Å². The molecule has 3 heterocycles. The zero-order chi connectivity index (χ0) is 25.5. The molecule has 0 radical (unpaired) electrons. The second-order valence-electron chi connectivity index (χ2n) is 10.2. The number of hydrogen-bond acceptors (Lipinski definition) is 2. The molecule has 0 aliphatic rings. The van der Waals surface area contributed by atoms with Crippen LogP contribution in [0.2, 0.25) is 0 Å². The van der Waals surface area contributed by atoms with Crippen molar-refractivity contribution < 1.29 is 4.42 Å². The van der Waals surface area contributed by atoms with Gasteiger partial charge in [-0.25, -0.2) is 0 Å². The standard InChI is InChI=1S/C36H21NOS/c1-4-10-31-25(7-1)28-19-22(23-14-18-36-30(20-23)27-9-3-6-12-35(27)39-36)13-16-32(28)37(31)24-15-17-34-29(21-24)26-8-2-5-11-33(26)38-34/h1-21H. The van der Waals surface area contributed by atoms with E-state index in [0.29, 0.717) is 0 Å². The minimum absolute atomic E-state index is 0.916. The molecule has 3 heteroatoms. The fraction of sp³-hybridized carbons (Fsp3) is 0. The molecule has 0 N–H and O–H groups in total. The summed E-state index contributed by atoms with van der Waals surface area (Å²) in [6.07, 6.45) is 0. The molecule has 3 aromatic heterocycles. The molecule has 0 atom stereocenters. The van der Waals surface area contributed by atoms with E-state index in [1.54, 1.807) is 0 Å². The Hall–Kier alpha value is -4.86. The van der Waals surface area contributed by atoms with Crippen LogP contribution in [0.15, 0.2) is 132 Å². The normalized spacial score (nSPS) is 12.1. The van der Waals surface area contributed by atoms with Crippen molar-refractivity contribution in [3.8, 4) is 16.8 Å². The van der Waals surface area contributed by atoms with Crippen LogP contribution in [0.25, 0.3) is 80.7 Å². The number of nitrogens with zero attached hydrogens (tertiary/aromatic N) is 1. The molecule has 0 fully saturated rings. The lowest BCUT2D eigenvalue weighted by Gasteiger charge is -2.09. The van der Waals surface area contributed by atoms with E-state index in [1.165, 1.54) is 53.1 Å². The predicted octanol–water partition coefficient (Wildman–Crippen LogP) is 10.7. The zero-order valence-corrected chi connectivity index (χ0v) is 21.7. The lowest BCUT2D eigenvalue weighted by molar-refractivity contribution is 0.669. The van der Waals surface area contributed by atoms with Crippen molar-refractivity contribution in [3.63, 3.8) is 0 Å². The largest absolute Gasteiger partial charge is 0.456 e. The van der Waals surface area contributed by atoms with Crippen molar-refractivity contribution in [2.45, 2.75) is 0 Å². The highest BCUT2D eigenvalue weighted by Gasteiger charge is 2.15. The Kier molecular flexibility index (Phi) is 4.24. The van der Waals surface area contributed by atoms with E-state index >= 15 is 0 Å². The molecule has 182 valence electrons. The number of benzene rings is 6. The number of fused-ring (bicyclic) bond motifs is 9. The van der Waals surface area contributed by atoms with E-state index in [2.05, 4.69) is 120 Å². The smallest absolute Gasteiger partial charge is 0.135 e. The van der Waals surface area contributed by atoms with Gasteiger partial charge in [0, 0.05) is 47.4 Å². The number of aromatic nitrogens is 1. The molecule has 0 amide bonds. The Balaban J connectivity index is 1.28. The summed E-state index contributed by atoms with van der Waals surface area (Å²) in [6, 6.07) is 46.0. The third-order valence-electron chi connectivity index (χ3n) is 8.00. The fourth-order valence-electron chi connectivity index (χ4n) is 6.19. The van der Waals surface area contributed by atoms with Gasteiger partial charge in [0.05, 0.1) is 11.0 Å². The number of thiophene rings is 1.